The highest BCUT2D eigenvalue weighted by Gasteiger charge is 2.01. The molecule has 1 aromatic rings. The van der Waals surface area contributed by atoms with Crippen molar-refractivity contribution in [3.8, 4) is 0 Å². The first-order valence-electron chi connectivity index (χ1n) is 12.8. The first-order valence-corrected chi connectivity index (χ1v) is 12.8. The third-order valence-corrected chi connectivity index (χ3v) is 6.05. The van der Waals surface area contributed by atoms with Gasteiger partial charge in [-0.1, -0.05) is 110 Å². The summed E-state index contributed by atoms with van der Waals surface area (Å²) in [7, 11) is 0. The van der Waals surface area contributed by atoms with Gasteiger partial charge in [0, 0.05) is 18.6 Å². The third kappa shape index (κ3) is 15.1. The average molecular weight is 389 g/mol. The first-order chi connectivity index (χ1) is 13.9. The topological polar surface area (TPSA) is 3.88 Å². The Kier molecular flexibility index (Phi) is 17.5. The number of unbranched alkanes of at least 4 members (excludes halogenated alkanes) is 16. The van der Waals surface area contributed by atoms with Crippen molar-refractivity contribution in [1.82, 2.24) is 0 Å². The standard InChI is InChI=1S/C27H50N/c1-3-5-7-8-9-10-11-12-13-14-15-16-17-18-19-21-27-22-25-28(26-23-27)24-20-6-4-2/h22-23,25-26H,3-21,24H2,1-2H3/q+1. The van der Waals surface area contributed by atoms with Gasteiger partial charge in [0.1, 0.15) is 6.54 Å². The minimum Gasteiger partial charge on any atom is -0.205 e. The molecule has 0 aliphatic heterocycles. The molecule has 0 amide bonds. The van der Waals surface area contributed by atoms with Gasteiger partial charge in [-0.3, -0.25) is 0 Å². The van der Waals surface area contributed by atoms with Gasteiger partial charge in [-0.2, -0.15) is 0 Å². The Morgan fingerprint density at radius 3 is 1.36 bits per heavy atom. The van der Waals surface area contributed by atoms with Crippen LogP contribution in [0.5, 0.6) is 0 Å². The van der Waals surface area contributed by atoms with Gasteiger partial charge < -0.3 is 0 Å². The van der Waals surface area contributed by atoms with E-state index < -0.39 is 0 Å². The van der Waals surface area contributed by atoms with E-state index in [1.165, 1.54) is 134 Å². The van der Waals surface area contributed by atoms with E-state index in [-0.39, 0.29) is 0 Å². The molecule has 0 aliphatic rings. The molecule has 1 heterocycles. The highest BCUT2D eigenvalue weighted by molar-refractivity contribution is 5.07. The molecule has 0 N–H and O–H groups in total. The van der Waals surface area contributed by atoms with E-state index in [2.05, 4.69) is 42.9 Å². The van der Waals surface area contributed by atoms with Crippen LogP contribution in [0.3, 0.4) is 0 Å². The normalized spacial score (nSPS) is 11.2. The molecule has 0 saturated heterocycles. The molecule has 0 bridgehead atoms. The Balaban J connectivity index is 1.84. The summed E-state index contributed by atoms with van der Waals surface area (Å²) < 4.78 is 2.34. The second-order valence-corrected chi connectivity index (χ2v) is 8.85. The maximum Gasteiger partial charge on any atom is 0.169 e. The van der Waals surface area contributed by atoms with Crippen LogP contribution in [0, 0.1) is 0 Å². The molecule has 0 fully saturated rings. The molecule has 0 unspecified atom stereocenters. The Labute approximate surface area is 177 Å². The molecule has 1 aromatic heterocycles. The zero-order chi connectivity index (χ0) is 20.1. The number of hydrogen-bond acceptors (Lipinski definition) is 0. The molecule has 162 valence electrons. The molecular formula is C27H50N+. The summed E-state index contributed by atoms with van der Waals surface area (Å²) in [6.45, 7) is 5.74. The fourth-order valence-corrected chi connectivity index (χ4v) is 4.05. The number of nitrogens with zero attached hydrogens (tertiary/aromatic N) is 1. The summed E-state index contributed by atoms with van der Waals surface area (Å²) in [5.41, 5.74) is 1.52. The van der Waals surface area contributed by atoms with Crippen molar-refractivity contribution < 1.29 is 4.57 Å². The molecule has 1 rings (SSSR count). The quantitative estimate of drug-likeness (QED) is 0.155. The SMILES string of the molecule is CCCCCCCCCCCCCCCCCc1cc[n+](CCCCC)cc1. The van der Waals surface area contributed by atoms with Crippen LogP contribution in [-0.4, -0.2) is 0 Å². The molecule has 1 nitrogen and oxygen atoms in total. The first kappa shape index (κ1) is 25.2. The van der Waals surface area contributed by atoms with Crippen molar-refractivity contribution in [2.45, 2.75) is 142 Å². The second kappa shape index (κ2) is 19.5. The molecule has 28 heavy (non-hydrogen) atoms. The van der Waals surface area contributed by atoms with Gasteiger partial charge in [0.25, 0.3) is 0 Å². The van der Waals surface area contributed by atoms with E-state index in [9.17, 15) is 0 Å². The minimum absolute atomic E-state index is 1.17. The minimum atomic E-state index is 1.17. The summed E-state index contributed by atoms with van der Waals surface area (Å²) >= 11 is 0. The zero-order valence-electron chi connectivity index (χ0n) is 19.4. The van der Waals surface area contributed by atoms with Gasteiger partial charge in [0.05, 0.1) is 0 Å². The van der Waals surface area contributed by atoms with Crippen LogP contribution in [-0.2, 0) is 13.0 Å². The summed E-state index contributed by atoms with van der Waals surface area (Å²) in [5, 5.41) is 0. The summed E-state index contributed by atoms with van der Waals surface area (Å²) in [4.78, 5) is 0. The Morgan fingerprint density at radius 2 is 0.893 bits per heavy atom. The highest BCUT2D eigenvalue weighted by Crippen LogP contribution is 2.14. The second-order valence-electron chi connectivity index (χ2n) is 8.85. The van der Waals surface area contributed by atoms with Crippen LogP contribution in [0.2, 0.25) is 0 Å². The maximum atomic E-state index is 2.34. The van der Waals surface area contributed by atoms with Crippen LogP contribution < -0.4 is 4.57 Å². The Morgan fingerprint density at radius 1 is 0.500 bits per heavy atom. The molecule has 0 atom stereocenters. The lowest BCUT2D eigenvalue weighted by atomic mass is 10.0. The van der Waals surface area contributed by atoms with Crippen molar-refractivity contribution in [2.24, 2.45) is 0 Å². The van der Waals surface area contributed by atoms with Gasteiger partial charge in [0.2, 0.25) is 0 Å². The number of aryl methyl sites for hydroxylation is 2. The maximum absolute atomic E-state index is 2.34. The summed E-state index contributed by atoms with van der Waals surface area (Å²) in [6.07, 6.45) is 31.4. The van der Waals surface area contributed by atoms with Crippen molar-refractivity contribution in [3.05, 3.63) is 30.1 Å². The van der Waals surface area contributed by atoms with Crippen LogP contribution in [0.15, 0.2) is 24.5 Å². The van der Waals surface area contributed by atoms with Gasteiger partial charge in [-0.05, 0) is 24.8 Å². The summed E-state index contributed by atoms with van der Waals surface area (Å²) in [6, 6.07) is 4.66. The Hall–Kier alpha value is -0.850. The predicted octanol–water partition coefficient (Wildman–Crippen LogP) is 8.58. The van der Waals surface area contributed by atoms with Gasteiger partial charge >= 0.3 is 0 Å². The van der Waals surface area contributed by atoms with Crippen molar-refractivity contribution in [3.63, 3.8) is 0 Å². The highest BCUT2D eigenvalue weighted by atomic mass is 14.9. The number of pyridine rings is 1. The van der Waals surface area contributed by atoms with E-state index in [1.807, 2.05) is 0 Å². The van der Waals surface area contributed by atoms with Crippen LogP contribution >= 0.6 is 0 Å². The van der Waals surface area contributed by atoms with E-state index in [0.29, 0.717) is 0 Å². The number of rotatable bonds is 20. The van der Waals surface area contributed by atoms with E-state index in [1.54, 1.807) is 0 Å². The Bertz CT molecular complexity index is 422. The summed E-state index contributed by atoms with van der Waals surface area (Å²) in [5.74, 6) is 0. The van der Waals surface area contributed by atoms with E-state index in [4.69, 9.17) is 0 Å². The third-order valence-electron chi connectivity index (χ3n) is 6.05. The fourth-order valence-electron chi connectivity index (χ4n) is 4.05. The molecule has 0 aromatic carbocycles. The lowest BCUT2D eigenvalue weighted by Gasteiger charge is -2.04. The smallest absolute Gasteiger partial charge is 0.169 e. The van der Waals surface area contributed by atoms with Gasteiger partial charge in [-0.25, -0.2) is 4.57 Å². The fraction of sp³-hybridized carbons (Fsp3) is 0.815. The predicted molar refractivity (Wildman–Crippen MR) is 125 cm³/mol. The number of hydrogen-bond donors (Lipinski definition) is 0. The van der Waals surface area contributed by atoms with Crippen LogP contribution in [0.25, 0.3) is 0 Å². The van der Waals surface area contributed by atoms with Crippen molar-refractivity contribution >= 4 is 0 Å². The van der Waals surface area contributed by atoms with Crippen molar-refractivity contribution in [1.29, 1.82) is 0 Å². The molecule has 0 aliphatic carbocycles. The lowest BCUT2D eigenvalue weighted by molar-refractivity contribution is -0.697. The lowest BCUT2D eigenvalue weighted by Crippen LogP contribution is -2.32. The average Bonchev–Trinajstić information content (AvgIpc) is 2.72. The molecule has 0 saturated carbocycles. The van der Waals surface area contributed by atoms with Gasteiger partial charge in [-0.15, -0.1) is 0 Å². The van der Waals surface area contributed by atoms with Crippen LogP contribution in [0.1, 0.15) is 135 Å². The zero-order valence-corrected chi connectivity index (χ0v) is 19.4. The van der Waals surface area contributed by atoms with Crippen LogP contribution in [0.4, 0.5) is 0 Å². The van der Waals surface area contributed by atoms with E-state index >= 15 is 0 Å². The monoisotopic (exact) mass is 388 g/mol. The largest absolute Gasteiger partial charge is 0.205 e. The molecule has 0 spiro atoms. The molecule has 1 heteroatoms. The molecular weight excluding hydrogens is 338 g/mol. The van der Waals surface area contributed by atoms with Crippen molar-refractivity contribution in [2.75, 3.05) is 0 Å². The number of aromatic nitrogens is 1. The van der Waals surface area contributed by atoms with Gasteiger partial charge in [0.15, 0.2) is 12.4 Å². The molecule has 0 radical (unpaired) electrons. The van der Waals surface area contributed by atoms with E-state index in [0.717, 1.165) is 0 Å².